The van der Waals surface area contributed by atoms with Crippen molar-refractivity contribution in [2.75, 3.05) is 11.1 Å². The van der Waals surface area contributed by atoms with Crippen LogP contribution in [0, 0.1) is 13.8 Å². The zero-order valence-corrected chi connectivity index (χ0v) is 18.4. The summed E-state index contributed by atoms with van der Waals surface area (Å²) in [6, 6.07) is 13.1. The molecule has 0 spiro atoms. The zero-order chi connectivity index (χ0) is 19.1. The third-order valence-corrected chi connectivity index (χ3v) is 6.90. The van der Waals surface area contributed by atoms with Crippen LogP contribution in [0.5, 0.6) is 0 Å². The van der Waals surface area contributed by atoms with Crippen LogP contribution >= 0.6 is 27.7 Å². The SMILES string of the molecule is Cc1cccc(-c2nn(C)c3c2C(c2ccc(Br)cc2C)SCC(C)N3)n1. The molecule has 3 heterocycles. The Morgan fingerprint density at radius 1 is 1.22 bits per heavy atom. The molecule has 2 aromatic heterocycles. The minimum Gasteiger partial charge on any atom is -0.367 e. The van der Waals surface area contributed by atoms with E-state index in [4.69, 9.17) is 10.1 Å². The van der Waals surface area contributed by atoms with Gasteiger partial charge in [0.1, 0.15) is 11.5 Å². The maximum absolute atomic E-state index is 4.87. The van der Waals surface area contributed by atoms with Crippen molar-refractivity contribution in [3.63, 3.8) is 0 Å². The third-order valence-electron chi connectivity index (χ3n) is 4.89. The molecule has 27 heavy (non-hydrogen) atoms. The highest BCUT2D eigenvalue weighted by Gasteiger charge is 2.32. The molecule has 4 nitrogen and oxygen atoms in total. The molecule has 0 amide bonds. The molecule has 4 rings (SSSR count). The maximum atomic E-state index is 4.87. The summed E-state index contributed by atoms with van der Waals surface area (Å²) in [5.41, 5.74) is 6.76. The second-order valence-electron chi connectivity index (χ2n) is 7.16. The van der Waals surface area contributed by atoms with Gasteiger partial charge in [0.15, 0.2) is 0 Å². The number of aromatic nitrogens is 3. The van der Waals surface area contributed by atoms with E-state index in [2.05, 4.69) is 65.4 Å². The lowest BCUT2D eigenvalue weighted by molar-refractivity contribution is 0.757. The number of hydrogen-bond acceptors (Lipinski definition) is 4. The highest BCUT2D eigenvalue weighted by Crippen LogP contribution is 2.47. The van der Waals surface area contributed by atoms with Crippen LogP contribution < -0.4 is 5.32 Å². The second-order valence-corrected chi connectivity index (χ2v) is 9.21. The summed E-state index contributed by atoms with van der Waals surface area (Å²) in [7, 11) is 2.01. The van der Waals surface area contributed by atoms with Gasteiger partial charge in [0.05, 0.1) is 10.9 Å². The Kier molecular flexibility index (Phi) is 5.03. The van der Waals surface area contributed by atoms with Crippen LogP contribution in [0.15, 0.2) is 40.9 Å². The van der Waals surface area contributed by atoms with Crippen LogP contribution in [-0.2, 0) is 7.05 Å². The highest BCUT2D eigenvalue weighted by molar-refractivity contribution is 9.10. The number of nitrogens with zero attached hydrogens (tertiary/aromatic N) is 3. The van der Waals surface area contributed by atoms with Crippen LogP contribution in [0.4, 0.5) is 5.82 Å². The molecule has 0 saturated heterocycles. The number of thioether (sulfide) groups is 1. The number of aryl methyl sites for hydroxylation is 3. The summed E-state index contributed by atoms with van der Waals surface area (Å²) in [5, 5.41) is 8.76. The van der Waals surface area contributed by atoms with Gasteiger partial charge in [0.25, 0.3) is 0 Å². The van der Waals surface area contributed by atoms with Crippen LogP contribution in [0.1, 0.15) is 34.6 Å². The minimum absolute atomic E-state index is 0.219. The van der Waals surface area contributed by atoms with E-state index >= 15 is 0 Å². The molecule has 1 aromatic carbocycles. The van der Waals surface area contributed by atoms with Crippen molar-refractivity contribution in [1.82, 2.24) is 14.8 Å². The number of anilines is 1. The summed E-state index contributed by atoms with van der Waals surface area (Å²) in [6.45, 7) is 6.44. The van der Waals surface area contributed by atoms with Crippen molar-refractivity contribution in [3.8, 4) is 11.4 Å². The van der Waals surface area contributed by atoms with Gasteiger partial charge < -0.3 is 5.32 Å². The maximum Gasteiger partial charge on any atom is 0.129 e. The monoisotopic (exact) mass is 442 g/mol. The van der Waals surface area contributed by atoms with Gasteiger partial charge in [0.2, 0.25) is 0 Å². The van der Waals surface area contributed by atoms with Gasteiger partial charge in [-0.15, -0.1) is 11.8 Å². The first-order valence-electron chi connectivity index (χ1n) is 9.09. The van der Waals surface area contributed by atoms with Crippen LogP contribution in [0.25, 0.3) is 11.4 Å². The number of nitrogens with one attached hydrogen (secondary N) is 1. The standard InChI is InChI=1S/C21H23BrN4S/c1-12-10-15(22)8-9-16(12)20-18-19(17-7-5-6-13(2)23-17)25-26(4)21(18)24-14(3)11-27-20/h5-10,14,20,24H,11H2,1-4H3. The highest BCUT2D eigenvalue weighted by atomic mass is 79.9. The van der Waals surface area contributed by atoms with E-state index in [0.29, 0.717) is 6.04 Å². The Hall–Kier alpha value is -1.79. The lowest BCUT2D eigenvalue weighted by Crippen LogP contribution is -2.18. The van der Waals surface area contributed by atoms with Gasteiger partial charge >= 0.3 is 0 Å². The van der Waals surface area contributed by atoms with Crippen molar-refractivity contribution < 1.29 is 0 Å². The first-order valence-corrected chi connectivity index (χ1v) is 10.9. The first-order chi connectivity index (χ1) is 12.9. The molecule has 0 fully saturated rings. The number of pyridine rings is 1. The van der Waals surface area contributed by atoms with Crippen molar-refractivity contribution in [1.29, 1.82) is 0 Å². The molecule has 0 aliphatic carbocycles. The smallest absolute Gasteiger partial charge is 0.129 e. The molecule has 1 aliphatic rings. The summed E-state index contributed by atoms with van der Waals surface area (Å²) >= 11 is 5.57. The van der Waals surface area contributed by atoms with Gasteiger partial charge in [-0.1, -0.05) is 28.1 Å². The molecule has 0 saturated carbocycles. The number of halogens is 1. The lowest BCUT2D eigenvalue weighted by Gasteiger charge is -2.19. The van der Waals surface area contributed by atoms with E-state index in [-0.39, 0.29) is 5.25 Å². The Bertz CT molecular complexity index is 998. The molecule has 140 valence electrons. The van der Waals surface area contributed by atoms with Crippen molar-refractivity contribution in [2.24, 2.45) is 7.05 Å². The van der Waals surface area contributed by atoms with Crippen molar-refractivity contribution in [2.45, 2.75) is 32.1 Å². The van der Waals surface area contributed by atoms with E-state index < -0.39 is 0 Å². The molecule has 2 unspecified atom stereocenters. The molecular formula is C21H23BrN4S. The van der Waals surface area contributed by atoms with Gasteiger partial charge in [0, 0.05) is 34.6 Å². The molecule has 0 radical (unpaired) electrons. The first kappa shape index (κ1) is 18.6. The summed E-state index contributed by atoms with van der Waals surface area (Å²) in [6.07, 6.45) is 0. The predicted molar refractivity (Wildman–Crippen MR) is 117 cm³/mol. The summed E-state index contributed by atoms with van der Waals surface area (Å²) in [4.78, 5) is 4.76. The third kappa shape index (κ3) is 3.52. The Balaban J connectivity index is 1.94. The largest absolute Gasteiger partial charge is 0.367 e. The number of fused-ring (bicyclic) bond motifs is 1. The van der Waals surface area contributed by atoms with E-state index in [1.165, 1.54) is 16.7 Å². The number of hydrogen-bond donors (Lipinski definition) is 1. The molecule has 3 aromatic rings. The molecular weight excluding hydrogens is 420 g/mol. The second kappa shape index (κ2) is 7.32. The lowest BCUT2D eigenvalue weighted by atomic mass is 9.98. The molecule has 2 atom stereocenters. The van der Waals surface area contributed by atoms with E-state index in [9.17, 15) is 0 Å². The fourth-order valence-corrected chi connectivity index (χ4v) is 5.48. The molecule has 0 bridgehead atoms. The fourth-order valence-electron chi connectivity index (χ4n) is 3.60. The average Bonchev–Trinajstić information content (AvgIpc) is 2.82. The van der Waals surface area contributed by atoms with E-state index in [1.807, 2.05) is 36.5 Å². The van der Waals surface area contributed by atoms with Gasteiger partial charge in [-0.05, 0) is 56.2 Å². The van der Waals surface area contributed by atoms with E-state index in [1.54, 1.807) is 0 Å². The zero-order valence-electron chi connectivity index (χ0n) is 16.0. The minimum atomic E-state index is 0.219. The Morgan fingerprint density at radius 3 is 2.78 bits per heavy atom. The van der Waals surface area contributed by atoms with Gasteiger partial charge in [-0.3, -0.25) is 9.67 Å². The number of rotatable bonds is 2. The van der Waals surface area contributed by atoms with E-state index in [0.717, 1.165) is 33.1 Å². The summed E-state index contributed by atoms with van der Waals surface area (Å²) < 4.78 is 3.08. The van der Waals surface area contributed by atoms with Gasteiger partial charge in [-0.2, -0.15) is 5.10 Å². The molecule has 6 heteroatoms. The predicted octanol–water partition coefficient (Wildman–Crippen LogP) is 5.50. The summed E-state index contributed by atoms with van der Waals surface area (Å²) in [5.74, 6) is 2.13. The van der Waals surface area contributed by atoms with Crippen LogP contribution in [-0.4, -0.2) is 26.6 Å². The Morgan fingerprint density at radius 2 is 2.04 bits per heavy atom. The van der Waals surface area contributed by atoms with Crippen LogP contribution in [0.3, 0.4) is 0 Å². The number of benzene rings is 1. The van der Waals surface area contributed by atoms with Crippen molar-refractivity contribution in [3.05, 3.63) is 63.3 Å². The molecule has 1 aliphatic heterocycles. The fraction of sp³-hybridized carbons (Fsp3) is 0.333. The quantitative estimate of drug-likeness (QED) is 0.568. The Labute approximate surface area is 172 Å². The normalized spacial score (nSPS) is 19.3. The van der Waals surface area contributed by atoms with Crippen LogP contribution in [0.2, 0.25) is 0 Å². The van der Waals surface area contributed by atoms with Crippen molar-refractivity contribution >= 4 is 33.5 Å². The average molecular weight is 443 g/mol. The molecule has 1 N–H and O–H groups in total. The topological polar surface area (TPSA) is 42.7 Å². The van der Waals surface area contributed by atoms with Gasteiger partial charge in [-0.25, -0.2) is 0 Å².